The molecule has 0 unspecified atom stereocenters. The number of hydrogen-bond donors (Lipinski definition) is 2. The molecule has 0 saturated carbocycles. The van der Waals surface area contributed by atoms with Crippen LogP contribution in [0.1, 0.15) is 34.6 Å². The SMILES string of the molecule is CC(C)S[C@@H](CNC(=O)O[C@@H](C)OC(=O)C(C)C)C(=O)O. The van der Waals surface area contributed by atoms with Crippen molar-refractivity contribution in [2.75, 3.05) is 6.54 Å². The van der Waals surface area contributed by atoms with E-state index in [-0.39, 0.29) is 17.7 Å². The second-order valence-electron chi connectivity index (χ2n) is 4.96. The molecule has 0 aromatic carbocycles. The average molecular weight is 321 g/mol. The standard InChI is InChI=1S/C13H23NO6S/c1-7(2)12(17)19-9(5)20-13(18)14-6-10(11(15)16)21-8(3)4/h7-10H,6H2,1-5H3,(H,14,18)(H,15,16)/t9-,10-/m0/s1. The Labute approximate surface area is 128 Å². The third-order valence-corrected chi connectivity index (χ3v) is 3.41. The summed E-state index contributed by atoms with van der Waals surface area (Å²) in [4.78, 5) is 33.8. The van der Waals surface area contributed by atoms with E-state index in [0.29, 0.717) is 0 Å². The van der Waals surface area contributed by atoms with Crippen molar-refractivity contribution in [2.45, 2.75) is 51.4 Å². The molecule has 122 valence electrons. The lowest BCUT2D eigenvalue weighted by molar-refractivity contribution is -0.168. The van der Waals surface area contributed by atoms with Gasteiger partial charge in [-0.15, -0.1) is 11.8 Å². The zero-order valence-electron chi connectivity index (χ0n) is 12.9. The van der Waals surface area contributed by atoms with E-state index in [2.05, 4.69) is 5.32 Å². The molecule has 0 saturated heterocycles. The zero-order valence-corrected chi connectivity index (χ0v) is 13.7. The van der Waals surface area contributed by atoms with Crippen molar-refractivity contribution in [3.05, 3.63) is 0 Å². The van der Waals surface area contributed by atoms with Gasteiger partial charge in [0.05, 0.1) is 5.92 Å². The molecule has 0 radical (unpaired) electrons. The van der Waals surface area contributed by atoms with Gasteiger partial charge in [-0.25, -0.2) is 4.79 Å². The Balaban J connectivity index is 4.18. The van der Waals surface area contributed by atoms with Crippen LogP contribution in [0.3, 0.4) is 0 Å². The summed E-state index contributed by atoms with van der Waals surface area (Å²) in [6.45, 7) is 8.41. The number of alkyl carbamates (subject to hydrolysis) is 1. The van der Waals surface area contributed by atoms with Gasteiger partial charge in [-0.1, -0.05) is 27.7 Å². The predicted molar refractivity (Wildman–Crippen MR) is 79.0 cm³/mol. The molecule has 0 heterocycles. The van der Waals surface area contributed by atoms with Gasteiger partial charge in [0, 0.05) is 13.5 Å². The van der Waals surface area contributed by atoms with Crippen LogP contribution in [0.5, 0.6) is 0 Å². The Morgan fingerprint density at radius 3 is 2.10 bits per heavy atom. The fourth-order valence-corrected chi connectivity index (χ4v) is 2.17. The van der Waals surface area contributed by atoms with Crippen LogP contribution in [0.25, 0.3) is 0 Å². The fraction of sp³-hybridized carbons (Fsp3) is 0.769. The maximum Gasteiger partial charge on any atom is 0.410 e. The largest absolute Gasteiger partial charge is 0.480 e. The lowest BCUT2D eigenvalue weighted by Gasteiger charge is -2.18. The van der Waals surface area contributed by atoms with Crippen molar-refractivity contribution in [1.29, 1.82) is 0 Å². The molecule has 0 bridgehead atoms. The third-order valence-electron chi connectivity index (χ3n) is 2.17. The van der Waals surface area contributed by atoms with Gasteiger partial charge in [0.1, 0.15) is 5.25 Å². The summed E-state index contributed by atoms with van der Waals surface area (Å²) >= 11 is 1.23. The normalized spacial score (nSPS) is 13.7. The van der Waals surface area contributed by atoms with Gasteiger partial charge >= 0.3 is 18.0 Å². The molecule has 0 aliphatic carbocycles. The molecule has 0 aromatic rings. The van der Waals surface area contributed by atoms with E-state index < -0.39 is 29.6 Å². The molecule has 0 spiro atoms. The second-order valence-corrected chi connectivity index (χ2v) is 6.74. The van der Waals surface area contributed by atoms with E-state index >= 15 is 0 Å². The minimum Gasteiger partial charge on any atom is -0.480 e. The summed E-state index contributed by atoms with van der Waals surface area (Å²) in [5, 5.41) is 10.7. The molecule has 2 atom stereocenters. The molecular formula is C13H23NO6S. The van der Waals surface area contributed by atoms with Crippen molar-refractivity contribution in [3.8, 4) is 0 Å². The molecule has 7 nitrogen and oxygen atoms in total. The van der Waals surface area contributed by atoms with E-state index in [9.17, 15) is 14.4 Å². The van der Waals surface area contributed by atoms with Crippen LogP contribution in [-0.4, -0.2) is 46.5 Å². The summed E-state index contributed by atoms with van der Waals surface area (Å²) in [5.41, 5.74) is 0. The summed E-state index contributed by atoms with van der Waals surface area (Å²) in [6, 6.07) is 0. The van der Waals surface area contributed by atoms with E-state index in [1.54, 1.807) is 13.8 Å². The van der Waals surface area contributed by atoms with Gasteiger partial charge in [0.25, 0.3) is 0 Å². The minimum atomic E-state index is -1.03. The maximum absolute atomic E-state index is 11.5. The van der Waals surface area contributed by atoms with Crippen LogP contribution >= 0.6 is 11.8 Å². The molecule has 0 aromatic heterocycles. The van der Waals surface area contributed by atoms with Gasteiger partial charge in [-0.05, 0) is 5.25 Å². The van der Waals surface area contributed by atoms with Gasteiger partial charge in [-0.3, -0.25) is 9.59 Å². The monoisotopic (exact) mass is 321 g/mol. The molecule has 1 amide bonds. The first-order chi connectivity index (χ1) is 9.63. The highest BCUT2D eigenvalue weighted by Crippen LogP contribution is 2.16. The molecular weight excluding hydrogens is 298 g/mol. The first kappa shape index (κ1) is 19.6. The van der Waals surface area contributed by atoms with Gasteiger partial charge in [0.15, 0.2) is 0 Å². The molecule has 2 N–H and O–H groups in total. The molecule has 0 aliphatic heterocycles. The Kier molecular flexibility index (Phi) is 8.84. The van der Waals surface area contributed by atoms with Crippen LogP contribution < -0.4 is 5.32 Å². The van der Waals surface area contributed by atoms with Crippen LogP contribution in [-0.2, 0) is 19.1 Å². The Morgan fingerprint density at radius 1 is 1.10 bits per heavy atom. The number of esters is 1. The molecule has 0 fully saturated rings. The van der Waals surface area contributed by atoms with E-state index in [1.807, 2.05) is 13.8 Å². The number of nitrogens with one attached hydrogen (secondary N) is 1. The number of carbonyl (C=O) groups is 3. The Bertz CT molecular complexity index is 372. The number of ether oxygens (including phenoxy) is 2. The van der Waals surface area contributed by atoms with Crippen molar-refractivity contribution >= 4 is 29.8 Å². The lowest BCUT2D eigenvalue weighted by Crippen LogP contribution is -2.37. The van der Waals surface area contributed by atoms with E-state index in [1.165, 1.54) is 18.7 Å². The molecule has 8 heteroatoms. The van der Waals surface area contributed by atoms with Crippen molar-refractivity contribution in [1.82, 2.24) is 5.32 Å². The van der Waals surface area contributed by atoms with Crippen molar-refractivity contribution < 1.29 is 29.0 Å². The number of hydrogen-bond acceptors (Lipinski definition) is 6. The van der Waals surface area contributed by atoms with Crippen LogP contribution in [0.4, 0.5) is 4.79 Å². The average Bonchev–Trinajstić information content (AvgIpc) is 2.33. The number of carbonyl (C=O) groups excluding carboxylic acids is 2. The highest BCUT2D eigenvalue weighted by atomic mass is 32.2. The highest BCUT2D eigenvalue weighted by molar-refractivity contribution is 8.01. The third kappa shape index (κ3) is 9.17. The van der Waals surface area contributed by atoms with Crippen molar-refractivity contribution in [2.24, 2.45) is 5.92 Å². The summed E-state index contributed by atoms with van der Waals surface area (Å²) < 4.78 is 9.67. The molecule has 0 aliphatic rings. The van der Waals surface area contributed by atoms with Crippen LogP contribution in [0, 0.1) is 5.92 Å². The van der Waals surface area contributed by atoms with E-state index in [0.717, 1.165) is 0 Å². The maximum atomic E-state index is 11.5. The van der Waals surface area contributed by atoms with Gasteiger partial charge in [0.2, 0.25) is 6.29 Å². The Hall–Kier alpha value is -1.44. The highest BCUT2D eigenvalue weighted by Gasteiger charge is 2.22. The van der Waals surface area contributed by atoms with E-state index in [4.69, 9.17) is 14.6 Å². The van der Waals surface area contributed by atoms with Gasteiger partial charge < -0.3 is 19.9 Å². The number of aliphatic carboxylic acids is 1. The number of amides is 1. The topological polar surface area (TPSA) is 102 Å². The quantitative estimate of drug-likeness (QED) is 0.519. The minimum absolute atomic E-state index is 0.0676. The Morgan fingerprint density at radius 2 is 1.67 bits per heavy atom. The number of thioether (sulfide) groups is 1. The number of carboxylic acids is 1. The van der Waals surface area contributed by atoms with Crippen LogP contribution in [0.15, 0.2) is 0 Å². The summed E-state index contributed by atoms with van der Waals surface area (Å²) in [6.07, 6.45) is -1.85. The predicted octanol–water partition coefficient (Wildman–Crippen LogP) is 1.85. The summed E-state index contributed by atoms with van der Waals surface area (Å²) in [5.74, 6) is -1.81. The smallest absolute Gasteiger partial charge is 0.410 e. The first-order valence-electron chi connectivity index (χ1n) is 6.66. The lowest BCUT2D eigenvalue weighted by atomic mass is 10.2. The number of rotatable bonds is 8. The fourth-order valence-electron chi connectivity index (χ4n) is 1.21. The van der Waals surface area contributed by atoms with Gasteiger partial charge in [-0.2, -0.15) is 0 Å². The van der Waals surface area contributed by atoms with Crippen LogP contribution in [0.2, 0.25) is 0 Å². The zero-order chi connectivity index (χ0) is 16.6. The molecule has 0 rings (SSSR count). The molecule has 21 heavy (non-hydrogen) atoms. The van der Waals surface area contributed by atoms with Crippen molar-refractivity contribution in [3.63, 3.8) is 0 Å². The summed E-state index contributed by atoms with van der Waals surface area (Å²) in [7, 11) is 0. The second kappa shape index (κ2) is 9.49. The first-order valence-corrected chi connectivity index (χ1v) is 7.61. The number of carboxylic acid groups (broad SMARTS) is 1.